The molecule has 2 heteroatoms. The Morgan fingerprint density at radius 3 is 1.80 bits per heavy atom. The lowest BCUT2D eigenvalue weighted by atomic mass is 10.0. The second-order valence-electron chi connectivity index (χ2n) is 9.56. The Morgan fingerprint density at radius 1 is 0.543 bits per heavy atom. The zero-order chi connectivity index (χ0) is 23.8. The van der Waals surface area contributed by atoms with Crippen LogP contribution in [0.2, 0.25) is 5.54 Å². The van der Waals surface area contributed by atoms with Crippen molar-refractivity contribution in [1.29, 1.82) is 0 Å². The summed E-state index contributed by atoms with van der Waals surface area (Å²) in [7, 11) is -2.30. The summed E-state index contributed by atoms with van der Waals surface area (Å²) in [5.74, 6) is 0. The first-order valence-electron chi connectivity index (χ1n) is 12.3. The number of benzene rings is 5. The standard InChI is InChI=1S/C33H28OSi/c1-24(2)35(26-14-5-3-6-15-26,27-16-7-4-8-17-27)28-18-11-13-25(23-28)29-20-12-21-31-30-19-9-10-22-32(30)34-33(29)31/h3-24H,1-2H3. The lowest BCUT2D eigenvalue weighted by molar-refractivity contribution is 0.670. The zero-order valence-electron chi connectivity index (χ0n) is 20.1. The van der Waals surface area contributed by atoms with Gasteiger partial charge in [-0.3, -0.25) is 0 Å². The summed E-state index contributed by atoms with van der Waals surface area (Å²) in [5.41, 5.74) is 4.72. The molecule has 6 rings (SSSR count). The molecule has 5 aromatic carbocycles. The maximum Gasteiger partial charge on any atom is 0.150 e. The highest BCUT2D eigenvalue weighted by Gasteiger charge is 2.42. The summed E-state index contributed by atoms with van der Waals surface area (Å²) >= 11 is 0. The summed E-state index contributed by atoms with van der Waals surface area (Å²) in [6.07, 6.45) is 0. The van der Waals surface area contributed by atoms with Gasteiger partial charge in [0, 0.05) is 16.3 Å². The van der Waals surface area contributed by atoms with E-state index in [4.69, 9.17) is 4.42 Å². The maximum atomic E-state index is 6.39. The molecule has 35 heavy (non-hydrogen) atoms. The number of furan rings is 1. The van der Waals surface area contributed by atoms with Gasteiger partial charge in [0.1, 0.15) is 11.2 Å². The van der Waals surface area contributed by atoms with Crippen LogP contribution in [-0.4, -0.2) is 8.07 Å². The minimum atomic E-state index is -2.30. The molecule has 0 unspecified atom stereocenters. The van der Waals surface area contributed by atoms with Crippen molar-refractivity contribution in [2.45, 2.75) is 19.4 Å². The van der Waals surface area contributed by atoms with E-state index in [1.807, 2.05) is 6.07 Å². The summed E-state index contributed by atoms with van der Waals surface area (Å²) in [6.45, 7) is 4.78. The van der Waals surface area contributed by atoms with E-state index >= 15 is 0 Å². The van der Waals surface area contributed by atoms with Crippen LogP contribution in [0.5, 0.6) is 0 Å². The van der Waals surface area contributed by atoms with E-state index in [1.165, 1.54) is 31.9 Å². The van der Waals surface area contributed by atoms with E-state index < -0.39 is 8.07 Å². The summed E-state index contributed by atoms with van der Waals surface area (Å²) in [4.78, 5) is 0. The smallest absolute Gasteiger partial charge is 0.150 e. The molecule has 170 valence electrons. The molecule has 1 aromatic heterocycles. The van der Waals surface area contributed by atoms with Crippen molar-refractivity contribution in [2.75, 3.05) is 0 Å². The summed E-state index contributed by atoms with van der Waals surface area (Å²) in [5, 5.41) is 6.65. The van der Waals surface area contributed by atoms with Gasteiger partial charge in [-0.1, -0.05) is 135 Å². The monoisotopic (exact) mass is 468 g/mol. The lowest BCUT2D eigenvalue weighted by Gasteiger charge is -2.37. The van der Waals surface area contributed by atoms with Gasteiger partial charge in [-0.05, 0) is 32.7 Å². The molecule has 0 aliphatic carbocycles. The molecular formula is C33H28OSi. The Labute approximate surface area is 207 Å². The fraction of sp³-hybridized carbons (Fsp3) is 0.0909. The topological polar surface area (TPSA) is 13.1 Å². The van der Waals surface area contributed by atoms with Crippen molar-refractivity contribution in [2.24, 2.45) is 0 Å². The molecule has 0 bridgehead atoms. The van der Waals surface area contributed by atoms with E-state index in [1.54, 1.807) is 0 Å². The first kappa shape index (κ1) is 21.6. The van der Waals surface area contributed by atoms with Crippen molar-refractivity contribution < 1.29 is 4.42 Å². The van der Waals surface area contributed by atoms with Crippen LogP contribution in [0, 0.1) is 0 Å². The molecule has 6 aromatic rings. The zero-order valence-corrected chi connectivity index (χ0v) is 21.1. The normalized spacial score (nSPS) is 12.0. The largest absolute Gasteiger partial charge is 0.455 e. The molecule has 0 fully saturated rings. The van der Waals surface area contributed by atoms with Gasteiger partial charge in [0.05, 0.1) is 0 Å². The van der Waals surface area contributed by atoms with Gasteiger partial charge in [0.25, 0.3) is 0 Å². The predicted octanol–water partition coefficient (Wildman–Crippen LogP) is 7.13. The van der Waals surface area contributed by atoms with Gasteiger partial charge in [0.15, 0.2) is 8.07 Å². The highest BCUT2D eigenvalue weighted by Crippen LogP contribution is 2.35. The van der Waals surface area contributed by atoms with Crippen LogP contribution in [-0.2, 0) is 0 Å². The van der Waals surface area contributed by atoms with Gasteiger partial charge in [-0.15, -0.1) is 0 Å². The minimum absolute atomic E-state index is 0.476. The molecule has 0 N–H and O–H groups in total. The van der Waals surface area contributed by atoms with Crippen LogP contribution in [0.1, 0.15) is 13.8 Å². The van der Waals surface area contributed by atoms with Crippen LogP contribution in [0.3, 0.4) is 0 Å². The van der Waals surface area contributed by atoms with Crippen LogP contribution in [0.4, 0.5) is 0 Å². The van der Waals surface area contributed by atoms with Gasteiger partial charge in [0.2, 0.25) is 0 Å². The fourth-order valence-corrected chi connectivity index (χ4v) is 11.0. The molecule has 0 amide bonds. The number of para-hydroxylation sites is 2. The van der Waals surface area contributed by atoms with Crippen LogP contribution in [0.25, 0.3) is 33.1 Å². The second kappa shape index (κ2) is 8.72. The molecule has 1 nitrogen and oxygen atoms in total. The maximum absolute atomic E-state index is 6.39. The van der Waals surface area contributed by atoms with Crippen molar-refractivity contribution in [3.05, 3.63) is 127 Å². The fourth-order valence-electron chi connectivity index (χ4n) is 5.81. The Hall–Kier alpha value is -3.88. The van der Waals surface area contributed by atoms with E-state index in [0.717, 1.165) is 16.7 Å². The molecular weight excluding hydrogens is 440 g/mol. The first-order valence-corrected chi connectivity index (χ1v) is 14.4. The van der Waals surface area contributed by atoms with Crippen molar-refractivity contribution >= 4 is 45.6 Å². The van der Waals surface area contributed by atoms with Crippen molar-refractivity contribution in [3.63, 3.8) is 0 Å². The summed E-state index contributed by atoms with van der Waals surface area (Å²) in [6, 6.07) is 46.3. The molecule has 1 heterocycles. The van der Waals surface area contributed by atoms with Gasteiger partial charge < -0.3 is 4.42 Å². The van der Waals surface area contributed by atoms with Gasteiger partial charge in [-0.25, -0.2) is 0 Å². The Balaban J connectivity index is 1.62. The highest BCUT2D eigenvalue weighted by atomic mass is 28.3. The average Bonchev–Trinajstić information content (AvgIpc) is 3.29. The van der Waals surface area contributed by atoms with Crippen LogP contribution >= 0.6 is 0 Å². The predicted molar refractivity (Wildman–Crippen MR) is 152 cm³/mol. The number of rotatable bonds is 5. The van der Waals surface area contributed by atoms with Crippen LogP contribution < -0.4 is 15.6 Å². The third-order valence-electron chi connectivity index (χ3n) is 7.36. The van der Waals surface area contributed by atoms with E-state index in [-0.39, 0.29) is 0 Å². The van der Waals surface area contributed by atoms with E-state index in [9.17, 15) is 0 Å². The van der Waals surface area contributed by atoms with Crippen LogP contribution in [0.15, 0.2) is 132 Å². The van der Waals surface area contributed by atoms with Crippen molar-refractivity contribution in [3.8, 4) is 11.1 Å². The molecule has 0 saturated carbocycles. The third-order valence-corrected chi connectivity index (χ3v) is 12.8. The molecule has 0 aliphatic rings. The molecule has 0 spiro atoms. The third kappa shape index (κ3) is 3.45. The minimum Gasteiger partial charge on any atom is -0.455 e. The average molecular weight is 469 g/mol. The lowest BCUT2D eigenvalue weighted by Crippen LogP contribution is -2.69. The quantitative estimate of drug-likeness (QED) is 0.194. The Morgan fingerprint density at radius 2 is 1.11 bits per heavy atom. The Bertz CT molecular complexity index is 1570. The molecule has 0 radical (unpaired) electrons. The Kier molecular flexibility index (Phi) is 5.39. The van der Waals surface area contributed by atoms with E-state index in [0.29, 0.717) is 5.54 Å². The van der Waals surface area contributed by atoms with Gasteiger partial charge in [-0.2, -0.15) is 0 Å². The number of hydrogen-bond donors (Lipinski definition) is 0. The number of hydrogen-bond acceptors (Lipinski definition) is 1. The van der Waals surface area contributed by atoms with Gasteiger partial charge >= 0.3 is 0 Å². The molecule has 0 atom stereocenters. The van der Waals surface area contributed by atoms with E-state index in [2.05, 4.69) is 135 Å². The first-order chi connectivity index (χ1) is 17.2. The van der Waals surface area contributed by atoms with Crippen molar-refractivity contribution in [1.82, 2.24) is 0 Å². The SMILES string of the molecule is CC(C)[Si](c1ccccc1)(c1ccccc1)c1cccc(-c2cccc3c2oc2ccccc23)c1. The number of fused-ring (bicyclic) bond motifs is 3. The second-order valence-corrected chi connectivity index (χ2v) is 14.1. The molecule has 0 saturated heterocycles. The summed E-state index contributed by atoms with van der Waals surface area (Å²) < 4.78 is 6.39. The highest BCUT2D eigenvalue weighted by molar-refractivity contribution is 7.12. The molecule has 0 aliphatic heterocycles.